The average Bonchev–Trinajstić information content (AvgIpc) is 2.59. The molecule has 0 unspecified atom stereocenters. The standard InChI is InChI=1S/C19H25N3O5S2/c1-5-11-29(26,27)22-17-8-6-7-16(14(17)3)20-19(23)15-10-9-13(2)18(12-15)21-28(4,24)25/h6-10,12,21-22H,5,11H2,1-4H3,(H,20,23). The molecule has 10 heteroatoms. The van der Waals surface area contributed by atoms with E-state index in [0.717, 1.165) is 6.26 Å². The van der Waals surface area contributed by atoms with Gasteiger partial charge < -0.3 is 5.32 Å². The monoisotopic (exact) mass is 439 g/mol. The minimum Gasteiger partial charge on any atom is -0.322 e. The molecule has 0 saturated heterocycles. The van der Waals surface area contributed by atoms with Crippen LogP contribution in [0.4, 0.5) is 17.1 Å². The zero-order chi connectivity index (χ0) is 21.8. The van der Waals surface area contributed by atoms with Crippen molar-refractivity contribution in [3.63, 3.8) is 0 Å². The summed E-state index contributed by atoms with van der Waals surface area (Å²) in [6, 6.07) is 9.60. The van der Waals surface area contributed by atoms with E-state index in [-0.39, 0.29) is 11.3 Å². The summed E-state index contributed by atoms with van der Waals surface area (Å²) in [7, 11) is -6.94. The second kappa shape index (κ2) is 8.83. The van der Waals surface area contributed by atoms with Gasteiger partial charge in [0.1, 0.15) is 0 Å². The quantitative estimate of drug-likeness (QED) is 0.584. The lowest BCUT2D eigenvalue weighted by atomic mass is 10.1. The fraction of sp³-hybridized carbons (Fsp3) is 0.316. The fourth-order valence-electron chi connectivity index (χ4n) is 2.64. The van der Waals surface area contributed by atoms with Gasteiger partial charge in [-0.1, -0.05) is 19.1 Å². The number of carbonyl (C=O) groups is 1. The molecule has 0 radical (unpaired) electrons. The molecule has 0 spiro atoms. The van der Waals surface area contributed by atoms with Gasteiger partial charge >= 0.3 is 0 Å². The van der Waals surface area contributed by atoms with Crippen molar-refractivity contribution >= 4 is 43.0 Å². The summed E-state index contributed by atoms with van der Waals surface area (Å²) in [5.74, 6) is -0.444. The van der Waals surface area contributed by atoms with Crippen LogP contribution in [0.15, 0.2) is 36.4 Å². The van der Waals surface area contributed by atoms with Crippen LogP contribution in [0.5, 0.6) is 0 Å². The Hall–Kier alpha value is -2.59. The number of amides is 1. The number of aryl methyl sites for hydroxylation is 1. The number of rotatable bonds is 8. The van der Waals surface area contributed by atoms with E-state index in [0.29, 0.717) is 34.6 Å². The summed E-state index contributed by atoms with van der Waals surface area (Å²) >= 11 is 0. The molecule has 3 N–H and O–H groups in total. The summed E-state index contributed by atoms with van der Waals surface area (Å²) in [4.78, 5) is 12.7. The topological polar surface area (TPSA) is 121 Å². The van der Waals surface area contributed by atoms with Gasteiger partial charge in [0.25, 0.3) is 5.91 Å². The first-order chi connectivity index (χ1) is 13.4. The first-order valence-electron chi connectivity index (χ1n) is 8.92. The van der Waals surface area contributed by atoms with Crippen molar-refractivity contribution in [2.24, 2.45) is 0 Å². The third-order valence-corrected chi connectivity index (χ3v) is 6.18. The molecule has 8 nitrogen and oxygen atoms in total. The molecule has 158 valence electrons. The van der Waals surface area contributed by atoms with E-state index in [1.54, 1.807) is 51.1 Å². The number of sulfonamides is 2. The largest absolute Gasteiger partial charge is 0.322 e. The SMILES string of the molecule is CCCS(=O)(=O)Nc1cccc(NC(=O)c2ccc(C)c(NS(C)(=O)=O)c2)c1C. The highest BCUT2D eigenvalue weighted by Gasteiger charge is 2.15. The first kappa shape index (κ1) is 22.7. The lowest BCUT2D eigenvalue weighted by Crippen LogP contribution is -2.18. The number of nitrogens with one attached hydrogen (secondary N) is 3. The van der Waals surface area contributed by atoms with E-state index >= 15 is 0 Å². The summed E-state index contributed by atoms with van der Waals surface area (Å²) in [5, 5.41) is 2.74. The van der Waals surface area contributed by atoms with Crippen LogP contribution in [0.2, 0.25) is 0 Å². The highest BCUT2D eigenvalue weighted by molar-refractivity contribution is 7.92. The molecule has 0 aliphatic rings. The molecular formula is C19H25N3O5S2. The second-order valence-electron chi connectivity index (χ2n) is 6.76. The van der Waals surface area contributed by atoms with Crippen molar-refractivity contribution in [1.29, 1.82) is 0 Å². The summed E-state index contributed by atoms with van der Waals surface area (Å²) < 4.78 is 52.0. The van der Waals surface area contributed by atoms with E-state index in [2.05, 4.69) is 14.8 Å². The number of hydrogen-bond donors (Lipinski definition) is 3. The predicted molar refractivity (Wildman–Crippen MR) is 116 cm³/mol. The fourth-order valence-corrected chi connectivity index (χ4v) is 4.45. The minimum atomic E-state index is -3.48. The Morgan fingerprint density at radius 1 is 0.931 bits per heavy atom. The van der Waals surface area contributed by atoms with Gasteiger partial charge in [-0.05, 0) is 55.7 Å². The van der Waals surface area contributed by atoms with Crippen LogP contribution in [-0.2, 0) is 20.0 Å². The molecule has 0 saturated carbocycles. The van der Waals surface area contributed by atoms with Crippen LogP contribution in [0.3, 0.4) is 0 Å². The van der Waals surface area contributed by atoms with Gasteiger partial charge in [0, 0.05) is 11.3 Å². The highest BCUT2D eigenvalue weighted by Crippen LogP contribution is 2.26. The van der Waals surface area contributed by atoms with Crippen LogP contribution in [0.25, 0.3) is 0 Å². The Morgan fingerprint density at radius 3 is 2.21 bits per heavy atom. The van der Waals surface area contributed by atoms with Gasteiger partial charge in [-0.3, -0.25) is 14.2 Å². The van der Waals surface area contributed by atoms with Crippen molar-refractivity contribution in [3.8, 4) is 0 Å². The molecule has 1 amide bonds. The van der Waals surface area contributed by atoms with Crippen molar-refractivity contribution in [2.45, 2.75) is 27.2 Å². The molecule has 29 heavy (non-hydrogen) atoms. The van der Waals surface area contributed by atoms with Gasteiger partial charge in [0.2, 0.25) is 20.0 Å². The van der Waals surface area contributed by atoms with E-state index < -0.39 is 26.0 Å². The minimum absolute atomic E-state index is 0.00249. The van der Waals surface area contributed by atoms with Crippen molar-refractivity contribution in [2.75, 3.05) is 26.8 Å². The Labute approximate surface area is 171 Å². The first-order valence-corrected chi connectivity index (χ1v) is 12.5. The Bertz CT molecular complexity index is 1130. The van der Waals surface area contributed by atoms with E-state index in [4.69, 9.17) is 0 Å². The summed E-state index contributed by atoms with van der Waals surface area (Å²) in [6.07, 6.45) is 1.52. The van der Waals surface area contributed by atoms with E-state index in [1.165, 1.54) is 6.07 Å². The normalized spacial score (nSPS) is 11.7. The molecular weight excluding hydrogens is 414 g/mol. The van der Waals surface area contributed by atoms with Gasteiger partial charge in [-0.2, -0.15) is 0 Å². The lowest BCUT2D eigenvalue weighted by Gasteiger charge is -2.15. The maximum atomic E-state index is 12.7. The van der Waals surface area contributed by atoms with Crippen molar-refractivity contribution < 1.29 is 21.6 Å². The smallest absolute Gasteiger partial charge is 0.255 e. The molecule has 2 aromatic carbocycles. The van der Waals surface area contributed by atoms with Gasteiger partial charge in [-0.15, -0.1) is 0 Å². The van der Waals surface area contributed by atoms with Crippen LogP contribution >= 0.6 is 0 Å². The van der Waals surface area contributed by atoms with Gasteiger partial charge in [-0.25, -0.2) is 16.8 Å². The highest BCUT2D eigenvalue weighted by atomic mass is 32.2. The van der Waals surface area contributed by atoms with Crippen LogP contribution in [0, 0.1) is 13.8 Å². The van der Waals surface area contributed by atoms with Crippen LogP contribution in [0.1, 0.15) is 34.8 Å². The third kappa shape index (κ3) is 6.47. The molecule has 0 aliphatic carbocycles. The molecule has 0 atom stereocenters. The van der Waals surface area contributed by atoms with Crippen LogP contribution < -0.4 is 14.8 Å². The molecule has 0 aromatic heterocycles. The molecule has 0 aliphatic heterocycles. The van der Waals surface area contributed by atoms with E-state index in [1.807, 2.05) is 0 Å². The number of hydrogen-bond acceptors (Lipinski definition) is 5. The number of carbonyl (C=O) groups excluding carboxylic acids is 1. The maximum absolute atomic E-state index is 12.7. The number of anilines is 3. The van der Waals surface area contributed by atoms with Crippen LogP contribution in [-0.4, -0.2) is 34.8 Å². The van der Waals surface area contributed by atoms with Crippen molar-refractivity contribution in [1.82, 2.24) is 0 Å². The zero-order valence-corrected chi connectivity index (χ0v) is 18.4. The van der Waals surface area contributed by atoms with E-state index in [9.17, 15) is 21.6 Å². The van der Waals surface area contributed by atoms with Gasteiger partial charge in [0.05, 0.1) is 23.4 Å². The predicted octanol–water partition coefficient (Wildman–Crippen LogP) is 3.08. The Kier molecular flexibility index (Phi) is 6.91. The maximum Gasteiger partial charge on any atom is 0.255 e. The Morgan fingerprint density at radius 2 is 1.59 bits per heavy atom. The molecule has 2 rings (SSSR count). The second-order valence-corrected chi connectivity index (χ2v) is 10.3. The molecule has 0 bridgehead atoms. The van der Waals surface area contributed by atoms with Crippen molar-refractivity contribution in [3.05, 3.63) is 53.1 Å². The molecule has 0 heterocycles. The summed E-state index contributed by atoms with van der Waals surface area (Å²) in [5.41, 5.74) is 2.66. The zero-order valence-electron chi connectivity index (χ0n) is 16.7. The summed E-state index contributed by atoms with van der Waals surface area (Å²) in [6.45, 7) is 5.20. The lowest BCUT2D eigenvalue weighted by molar-refractivity contribution is 0.102. The van der Waals surface area contributed by atoms with Gasteiger partial charge in [0.15, 0.2) is 0 Å². The number of benzene rings is 2. The Balaban J connectivity index is 2.28. The molecule has 2 aromatic rings. The molecule has 0 fully saturated rings. The average molecular weight is 440 g/mol. The third-order valence-electron chi connectivity index (χ3n) is 4.12.